The van der Waals surface area contributed by atoms with Gasteiger partial charge in [0.1, 0.15) is 0 Å². The lowest BCUT2D eigenvalue weighted by molar-refractivity contribution is -0.138. The first-order valence-corrected chi connectivity index (χ1v) is 8.00. The number of hydrogen-bond acceptors (Lipinski definition) is 6. The number of aliphatic hydroxyl groups is 1. The quantitative estimate of drug-likeness (QED) is 0.724. The lowest BCUT2D eigenvalue weighted by Gasteiger charge is -2.27. The van der Waals surface area contributed by atoms with Crippen LogP contribution >= 0.6 is 0 Å². The van der Waals surface area contributed by atoms with Crippen LogP contribution in [0.15, 0.2) is 29.5 Å². The van der Waals surface area contributed by atoms with Crippen molar-refractivity contribution in [2.75, 3.05) is 20.8 Å². The van der Waals surface area contributed by atoms with E-state index >= 15 is 0 Å². The Bertz CT molecular complexity index is 769. The standard InChI is InChI=1S/C18H21NO7/c1-10(20)15-16(11-6-7-12(25-2)13(9-11)26-3)19(18(24)17(15)23)8-4-5-14(21)22/h6-7,9,16,23H,4-5,8H2,1-3H3,(H,21,22)/t16-/m1/s1. The molecule has 0 saturated heterocycles. The Balaban J connectivity index is 2.45. The molecule has 1 amide bonds. The van der Waals surface area contributed by atoms with Crippen LogP contribution in [0.25, 0.3) is 0 Å². The summed E-state index contributed by atoms with van der Waals surface area (Å²) in [6.45, 7) is 1.36. The molecule has 8 heteroatoms. The molecule has 140 valence electrons. The summed E-state index contributed by atoms with van der Waals surface area (Å²) in [5.74, 6) is -1.82. The average molecular weight is 363 g/mol. The van der Waals surface area contributed by atoms with Gasteiger partial charge in [-0.25, -0.2) is 0 Å². The highest BCUT2D eigenvalue weighted by molar-refractivity contribution is 6.08. The number of ether oxygens (including phenoxy) is 2. The maximum Gasteiger partial charge on any atom is 0.303 e. The summed E-state index contributed by atoms with van der Waals surface area (Å²) in [7, 11) is 2.95. The minimum Gasteiger partial charge on any atom is -0.503 e. The number of carboxylic acid groups (broad SMARTS) is 1. The van der Waals surface area contributed by atoms with Crippen LogP contribution in [0.2, 0.25) is 0 Å². The second-order valence-electron chi connectivity index (χ2n) is 5.83. The minimum absolute atomic E-state index is 0.0162. The normalized spacial score (nSPS) is 16.8. The zero-order valence-corrected chi connectivity index (χ0v) is 14.8. The average Bonchev–Trinajstić information content (AvgIpc) is 2.85. The number of amides is 1. The summed E-state index contributed by atoms with van der Waals surface area (Å²) < 4.78 is 10.5. The number of carboxylic acids is 1. The zero-order chi connectivity index (χ0) is 19.4. The molecule has 1 heterocycles. The third-order valence-electron chi connectivity index (χ3n) is 4.20. The Morgan fingerprint density at radius 2 is 1.85 bits per heavy atom. The molecule has 1 aliphatic rings. The molecule has 0 aromatic heterocycles. The highest BCUT2D eigenvalue weighted by Gasteiger charge is 2.42. The number of carbonyl (C=O) groups is 3. The minimum atomic E-state index is -0.983. The van der Waals surface area contributed by atoms with Crippen molar-refractivity contribution >= 4 is 17.7 Å². The SMILES string of the molecule is COc1ccc([C@@H]2C(C(C)=O)=C(O)C(=O)N2CCCC(=O)O)cc1OC. The molecule has 8 nitrogen and oxygen atoms in total. The molecule has 1 aromatic carbocycles. The Morgan fingerprint density at radius 3 is 2.38 bits per heavy atom. The van der Waals surface area contributed by atoms with E-state index in [1.54, 1.807) is 18.2 Å². The second-order valence-corrected chi connectivity index (χ2v) is 5.83. The van der Waals surface area contributed by atoms with Crippen molar-refractivity contribution in [3.63, 3.8) is 0 Å². The first-order valence-electron chi connectivity index (χ1n) is 8.00. The molecule has 0 aliphatic carbocycles. The summed E-state index contributed by atoms with van der Waals surface area (Å²) in [6.07, 6.45) is 0.0714. The van der Waals surface area contributed by atoms with Gasteiger partial charge < -0.3 is 24.6 Å². The molecule has 2 N–H and O–H groups in total. The monoisotopic (exact) mass is 363 g/mol. The summed E-state index contributed by atoms with van der Waals surface area (Å²) in [5, 5.41) is 19.0. The van der Waals surface area contributed by atoms with Crippen molar-refractivity contribution in [1.82, 2.24) is 4.90 Å². The summed E-state index contributed by atoms with van der Waals surface area (Å²) in [6, 6.07) is 4.13. The number of methoxy groups -OCH3 is 2. The van der Waals surface area contributed by atoms with Crippen LogP contribution < -0.4 is 9.47 Å². The molecule has 2 rings (SSSR count). The molecule has 0 bridgehead atoms. The van der Waals surface area contributed by atoms with E-state index < -0.39 is 29.5 Å². The predicted molar refractivity (Wildman–Crippen MR) is 91.2 cm³/mol. The molecular formula is C18H21NO7. The first-order chi connectivity index (χ1) is 12.3. The number of ketones is 1. The zero-order valence-electron chi connectivity index (χ0n) is 14.8. The molecule has 1 aromatic rings. The van der Waals surface area contributed by atoms with Gasteiger partial charge in [0.2, 0.25) is 0 Å². The molecule has 26 heavy (non-hydrogen) atoms. The number of benzene rings is 1. The van der Waals surface area contributed by atoms with Crippen molar-refractivity contribution in [1.29, 1.82) is 0 Å². The van der Waals surface area contributed by atoms with Gasteiger partial charge in [0.15, 0.2) is 23.0 Å². The number of aliphatic carboxylic acids is 1. The van der Waals surface area contributed by atoms with E-state index in [1.165, 1.54) is 26.0 Å². The molecule has 0 fully saturated rings. The van der Waals surface area contributed by atoms with E-state index in [9.17, 15) is 19.5 Å². The Hall–Kier alpha value is -3.03. The lowest BCUT2D eigenvalue weighted by atomic mass is 9.96. The van der Waals surface area contributed by atoms with Crippen molar-refractivity contribution < 1.29 is 34.1 Å². The number of nitrogens with zero attached hydrogens (tertiary/aromatic N) is 1. The molecule has 0 unspecified atom stereocenters. The van der Waals surface area contributed by atoms with E-state index in [4.69, 9.17) is 14.6 Å². The van der Waals surface area contributed by atoms with Crippen LogP contribution in [0, 0.1) is 0 Å². The third-order valence-corrected chi connectivity index (χ3v) is 4.20. The molecule has 1 aliphatic heterocycles. The highest BCUT2D eigenvalue weighted by atomic mass is 16.5. The van der Waals surface area contributed by atoms with Crippen LogP contribution in [0.5, 0.6) is 11.5 Å². The van der Waals surface area contributed by atoms with Crippen LogP contribution in [0.4, 0.5) is 0 Å². The van der Waals surface area contributed by atoms with Crippen LogP contribution in [-0.4, -0.2) is 53.5 Å². The van der Waals surface area contributed by atoms with Gasteiger partial charge in [0.25, 0.3) is 5.91 Å². The van der Waals surface area contributed by atoms with Crippen molar-refractivity contribution in [2.45, 2.75) is 25.8 Å². The van der Waals surface area contributed by atoms with Gasteiger partial charge in [-0.1, -0.05) is 6.07 Å². The van der Waals surface area contributed by atoms with E-state index in [-0.39, 0.29) is 25.0 Å². The Morgan fingerprint density at radius 1 is 1.19 bits per heavy atom. The molecule has 0 saturated carbocycles. The van der Waals surface area contributed by atoms with Gasteiger partial charge in [0.05, 0.1) is 25.8 Å². The van der Waals surface area contributed by atoms with Crippen LogP contribution in [0.1, 0.15) is 31.4 Å². The largest absolute Gasteiger partial charge is 0.503 e. The van der Waals surface area contributed by atoms with Crippen molar-refractivity contribution in [3.05, 3.63) is 35.1 Å². The second kappa shape index (κ2) is 7.90. The molecule has 0 spiro atoms. The lowest BCUT2D eigenvalue weighted by Crippen LogP contribution is -2.32. The van der Waals surface area contributed by atoms with E-state index in [1.807, 2.05) is 0 Å². The topological polar surface area (TPSA) is 113 Å². The van der Waals surface area contributed by atoms with Gasteiger partial charge in [-0.2, -0.15) is 0 Å². The number of carbonyl (C=O) groups excluding carboxylic acids is 2. The summed E-state index contributed by atoms with van der Waals surface area (Å²) in [4.78, 5) is 36.5. The fourth-order valence-electron chi connectivity index (χ4n) is 3.01. The van der Waals surface area contributed by atoms with E-state index in [0.29, 0.717) is 17.1 Å². The first kappa shape index (κ1) is 19.3. The van der Waals surface area contributed by atoms with E-state index in [0.717, 1.165) is 0 Å². The maximum absolute atomic E-state index is 12.4. The van der Waals surface area contributed by atoms with Crippen molar-refractivity contribution in [3.8, 4) is 11.5 Å². The fourth-order valence-corrected chi connectivity index (χ4v) is 3.01. The van der Waals surface area contributed by atoms with Crippen molar-refractivity contribution in [2.24, 2.45) is 0 Å². The molecular weight excluding hydrogens is 342 g/mol. The van der Waals surface area contributed by atoms with E-state index in [2.05, 4.69) is 0 Å². The number of hydrogen-bond donors (Lipinski definition) is 2. The molecule has 1 atom stereocenters. The van der Waals surface area contributed by atoms with Gasteiger partial charge in [-0.05, 0) is 31.0 Å². The Kier molecular flexibility index (Phi) is 5.86. The van der Waals surface area contributed by atoms with Gasteiger partial charge >= 0.3 is 5.97 Å². The van der Waals surface area contributed by atoms with Crippen LogP contribution in [-0.2, 0) is 14.4 Å². The van der Waals surface area contributed by atoms with Crippen LogP contribution in [0.3, 0.4) is 0 Å². The number of Topliss-reactive ketones (excluding diaryl/α,β-unsaturated/α-hetero) is 1. The third kappa shape index (κ3) is 3.63. The fraction of sp³-hybridized carbons (Fsp3) is 0.389. The van der Waals surface area contributed by atoms with Gasteiger partial charge in [-0.3, -0.25) is 14.4 Å². The molecule has 0 radical (unpaired) electrons. The smallest absolute Gasteiger partial charge is 0.303 e. The van der Waals surface area contributed by atoms with Gasteiger partial charge in [0, 0.05) is 13.0 Å². The van der Waals surface area contributed by atoms with Gasteiger partial charge in [-0.15, -0.1) is 0 Å². The highest BCUT2D eigenvalue weighted by Crippen LogP contribution is 2.40. The number of aliphatic hydroxyl groups excluding tert-OH is 1. The summed E-state index contributed by atoms with van der Waals surface area (Å²) >= 11 is 0. The number of rotatable bonds is 8. The predicted octanol–water partition coefficient (Wildman–Crippen LogP) is 1.85. The Labute approximate surface area is 150 Å². The summed E-state index contributed by atoms with van der Waals surface area (Å²) in [5.41, 5.74) is 0.540. The maximum atomic E-state index is 12.4.